The molecule has 104 valence electrons. The van der Waals surface area contributed by atoms with Crippen LogP contribution in [0.15, 0.2) is 48.6 Å². The second-order valence-electron chi connectivity index (χ2n) is 5.67. The molecule has 0 N–H and O–H groups in total. The summed E-state index contributed by atoms with van der Waals surface area (Å²) >= 11 is 0. The summed E-state index contributed by atoms with van der Waals surface area (Å²) < 4.78 is 0. The van der Waals surface area contributed by atoms with Crippen LogP contribution < -0.4 is 0 Å². The first-order valence-corrected chi connectivity index (χ1v) is 6.72. The fourth-order valence-corrected chi connectivity index (χ4v) is 2.01. The second kappa shape index (κ2) is 5.45. The molecule has 0 fully saturated rings. The first kappa shape index (κ1) is 14.3. The monoisotopic (exact) mass is 262 g/mol. The Labute approximate surface area is 115 Å². The standard InChI is InChI=1S/C16H22O3/c1-13-9-5-7-11-15(13,3)17-19-18-16(4)12-8-6-10-14(16)2/h5-14H,1-4H3. The molecule has 0 aromatic heterocycles. The molecule has 3 nitrogen and oxygen atoms in total. The first-order chi connectivity index (χ1) is 8.96. The van der Waals surface area contributed by atoms with E-state index < -0.39 is 11.2 Å². The quantitative estimate of drug-likeness (QED) is 0.568. The van der Waals surface area contributed by atoms with Crippen molar-refractivity contribution in [2.75, 3.05) is 0 Å². The largest absolute Gasteiger partial charge is 0.195 e. The highest BCUT2D eigenvalue weighted by Gasteiger charge is 2.35. The lowest BCUT2D eigenvalue weighted by Gasteiger charge is -2.34. The predicted octanol–water partition coefficient (Wildman–Crippen LogP) is 3.91. The summed E-state index contributed by atoms with van der Waals surface area (Å²) in [6.07, 6.45) is 16.0. The Morgan fingerprint density at radius 2 is 1.16 bits per heavy atom. The van der Waals surface area contributed by atoms with Crippen molar-refractivity contribution in [3.05, 3.63) is 48.6 Å². The molecule has 0 aromatic rings. The molecule has 2 aliphatic carbocycles. The van der Waals surface area contributed by atoms with Crippen LogP contribution in [0, 0.1) is 11.8 Å². The Bertz CT molecular complexity index is 395. The van der Waals surface area contributed by atoms with Crippen LogP contribution in [0.3, 0.4) is 0 Å². The van der Waals surface area contributed by atoms with E-state index in [1.54, 1.807) is 0 Å². The predicted molar refractivity (Wildman–Crippen MR) is 75.0 cm³/mol. The zero-order valence-corrected chi connectivity index (χ0v) is 12.0. The smallest absolute Gasteiger partial charge is 0.128 e. The summed E-state index contributed by atoms with van der Waals surface area (Å²) in [6.45, 7) is 8.11. The van der Waals surface area contributed by atoms with Gasteiger partial charge in [-0.1, -0.05) is 55.3 Å². The van der Waals surface area contributed by atoms with Crippen LogP contribution in [0.4, 0.5) is 0 Å². The van der Waals surface area contributed by atoms with Crippen molar-refractivity contribution < 1.29 is 14.8 Å². The molecule has 2 aliphatic rings. The van der Waals surface area contributed by atoms with E-state index in [-0.39, 0.29) is 11.8 Å². The van der Waals surface area contributed by atoms with Crippen molar-refractivity contribution in [1.82, 2.24) is 0 Å². The molecule has 0 saturated heterocycles. The Balaban J connectivity index is 1.90. The molecule has 0 saturated carbocycles. The van der Waals surface area contributed by atoms with Gasteiger partial charge in [0.15, 0.2) is 0 Å². The van der Waals surface area contributed by atoms with Crippen molar-refractivity contribution in [2.45, 2.75) is 38.9 Å². The van der Waals surface area contributed by atoms with Gasteiger partial charge in [-0.3, -0.25) is 0 Å². The van der Waals surface area contributed by atoms with E-state index in [4.69, 9.17) is 14.8 Å². The summed E-state index contributed by atoms with van der Waals surface area (Å²) in [6, 6.07) is 0. The molecule has 0 spiro atoms. The van der Waals surface area contributed by atoms with Crippen LogP contribution >= 0.6 is 0 Å². The third kappa shape index (κ3) is 3.06. The Morgan fingerprint density at radius 3 is 1.53 bits per heavy atom. The minimum Gasteiger partial charge on any atom is -0.195 e. The summed E-state index contributed by atoms with van der Waals surface area (Å²) in [4.78, 5) is 11.0. The maximum Gasteiger partial charge on any atom is 0.128 e. The molecular formula is C16H22O3. The van der Waals surface area contributed by atoms with Crippen LogP contribution in [-0.4, -0.2) is 11.2 Å². The molecular weight excluding hydrogens is 240 g/mol. The SMILES string of the molecule is CC1C=CC=CC1(C)OOOC1(C)C=CC=CC1C. The summed E-state index contributed by atoms with van der Waals surface area (Å²) in [7, 11) is 0. The minimum absolute atomic E-state index is 0.230. The van der Waals surface area contributed by atoms with Gasteiger partial charge in [0.2, 0.25) is 0 Å². The molecule has 0 amide bonds. The van der Waals surface area contributed by atoms with Crippen LogP contribution in [0.2, 0.25) is 0 Å². The fourth-order valence-electron chi connectivity index (χ4n) is 2.01. The van der Waals surface area contributed by atoms with Gasteiger partial charge in [0, 0.05) is 11.8 Å². The van der Waals surface area contributed by atoms with Crippen molar-refractivity contribution in [3.63, 3.8) is 0 Å². The van der Waals surface area contributed by atoms with E-state index in [9.17, 15) is 0 Å². The summed E-state index contributed by atoms with van der Waals surface area (Å²) in [5, 5.41) is 5.09. The average molecular weight is 262 g/mol. The fraction of sp³-hybridized carbons (Fsp3) is 0.500. The number of rotatable bonds is 4. The maximum absolute atomic E-state index is 5.48. The molecule has 0 heterocycles. The van der Waals surface area contributed by atoms with Gasteiger partial charge in [-0.2, -0.15) is 9.78 Å². The van der Waals surface area contributed by atoms with Gasteiger partial charge in [0.1, 0.15) is 11.2 Å². The van der Waals surface area contributed by atoms with Gasteiger partial charge < -0.3 is 0 Å². The molecule has 0 bridgehead atoms. The van der Waals surface area contributed by atoms with E-state index in [2.05, 4.69) is 26.0 Å². The molecule has 19 heavy (non-hydrogen) atoms. The normalized spacial score (nSPS) is 40.8. The molecule has 4 atom stereocenters. The lowest BCUT2D eigenvalue weighted by Crippen LogP contribution is -2.38. The molecule has 3 heteroatoms. The van der Waals surface area contributed by atoms with Gasteiger partial charge in [-0.15, -0.1) is 0 Å². The van der Waals surface area contributed by atoms with E-state index >= 15 is 0 Å². The van der Waals surface area contributed by atoms with Gasteiger partial charge in [0.25, 0.3) is 0 Å². The van der Waals surface area contributed by atoms with Gasteiger partial charge in [-0.25, -0.2) is 0 Å². The first-order valence-electron chi connectivity index (χ1n) is 6.72. The molecule has 0 aliphatic heterocycles. The number of hydrogen-bond donors (Lipinski definition) is 0. The van der Waals surface area contributed by atoms with Crippen LogP contribution in [0.25, 0.3) is 0 Å². The van der Waals surface area contributed by atoms with Gasteiger partial charge in [-0.05, 0) is 26.0 Å². The van der Waals surface area contributed by atoms with E-state index in [0.717, 1.165) is 0 Å². The summed E-state index contributed by atoms with van der Waals surface area (Å²) in [5.74, 6) is 0.459. The lowest BCUT2D eigenvalue weighted by atomic mass is 9.87. The van der Waals surface area contributed by atoms with E-state index in [1.165, 1.54) is 0 Å². The van der Waals surface area contributed by atoms with Crippen LogP contribution in [0.5, 0.6) is 0 Å². The maximum atomic E-state index is 5.48. The number of hydrogen-bond acceptors (Lipinski definition) is 3. The molecule has 4 unspecified atom stereocenters. The van der Waals surface area contributed by atoms with Crippen molar-refractivity contribution in [2.24, 2.45) is 11.8 Å². The third-order valence-corrected chi connectivity index (χ3v) is 4.11. The minimum atomic E-state index is -0.497. The van der Waals surface area contributed by atoms with Gasteiger partial charge in [0.05, 0.1) is 0 Å². The van der Waals surface area contributed by atoms with Crippen LogP contribution in [-0.2, 0) is 14.8 Å². The summed E-state index contributed by atoms with van der Waals surface area (Å²) in [5.41, 5.74) is -0.995. The highest BCUT2D eigenvalue weighted by atomic mass is 17.5. The third-order valence-electron chi connectivity index (χ3n) is 4.11. The Morgan fingerprint density at radius 1 is 0.737 bits per heavy atom. The average Bonchev–Trinajstić information content (AvgIpc) is 2.37. The van der Waals surface area contributed by atoms with Crippen molar-refractivity contribution in [3.8, 4) is 0 Å². The lowest BCUT2D eigenvalue weighted by molar-refractivity contribution is -0.562. The zero-order valence-electron chi connectivity index (χ0n) is 12.0. The van der Waals surface area contributed by atoms with E-state index in [0.29, 0.717) is 0 Å². The Hall–Kier alpha value is -1.16. The highest BCUT2D eigenvalue weighted by Crippen LogP contribution is 2.31. The van der Waals surface area contributed by atoms with Crippen molar-refractivity contribution >= 4 is 0 Å². The van der Waals surface area contributed by atoms with E-state index in [1.807, 2.05) is 50.3 Å². The second-order valence-corrected chi connectivity index (χ2v) is 5.67. The van der Waals surface area contributed by atoms with Crippen molar-refractivity contribution in [1.29, 1.82) is 0 Å². The number of allylic oxidation sites excluding steroid dienone is 4. The van der Waals surface area contributed by atoms with Gasteiger partial charge >= 0.3 is 0 Å². The van der Waals surface area contributed by atoms with Crippen LogP contribution in [0.1, 0.15) is 27.7 Å². The zero-order chi connectivity index (χ0) is 13.9. The molecule has 2 rings (SSSR count). The molecule has 0 radical (unpaired) electrons. The Kier molecular flexibility index (Phi) is 4.09. The highest BCUT2D eigenvalue weighted by molar-refractivity contribution is 5.20. The molecule has 0 aromatic carbocycles. The topological polar surface area (TPSA) is 27.7 Å².